The highest BCUT2D eigenvalue weighted by Gasteiger charge is 2.43. The molecule has 1 aromatic carbocycles. The number of fused-ring (bicyclic) bond motifs is 1. The third-order valence-electron chi connectivity index (χ3n) is 9.69. The molecular formula is C35H48ClFN6O2. The van der Waals surface area contributed by atoms with E-state index >= 15 is 0 Å². The van der Waals surface area contributed by atoms with Crippen molar-refractivity contribution in [3.63, 3.8) is 0 Å². The molecule has 3 atom stereocenters. The van der Waals surface area contributed by atoms with E-state index in [1.807, 2.05) is 26.0 Å². The van der Waals surface area contributed by atoms with Gasteiger partial charge in [-0.1, -0.05) is 64.9 Å². The van der Waals surface area contributed by atoms with Gasteiger partial charge in [0.2, 0.25) is 0 Å². The molecule has 1 aliphatic carbocycles. The van der Waals surface area contributed by atoms with E-state index in [0.717, 1.165) is 60.7 Å². The second kappa shape index (κ2) is 14.9. The minimum atomic E-state index is -1.01. The number of hydrogen-bond acceptors (Lipinski definition) is 7. The minimum Gasteiger partial charge on any atom is -0.462 e. The first-order valence-electron chi connectivity index (χ1n) is 16.4. The molecule has 2 aliphatic heterocycles. The zero-order valence-electron chi connectivity index (χ0n) is 27.7. The van der Waals surface area contributed by atoms with Gasteiger partial charge in [0.05, 0.1) is 24.2 Å². The zero-order valence-corrected chi connectivity index (χ0v) is 28.5. The molecule has 2 fully saturated rings. The topological polar surface area (TPSA) is 85.6 Å². The van der Waals surface area contributed by atoms with Crippen molar-refractivity contribution in [2.24, 2.45) is 0 Å². The Morgan fingerprint density at radius 1 is 1.20 bits per heavy atom. The maximum Gasteiger partial charge on any atom is 0.318 e. The number of carbonyl (C=O) groups is 1. The van der Waals surface area contributed by atoms with Crippen LogP contribution in [-0.4, -0.2) is 77.6 Å². The number of likely N-dealkylation sites (N-methyl/N-ethyl adjacent to an activating group) is 1. The molecule has 5 rings (SSSR count). The number of amides is 1. The molecule has 1 aromatic heterocycles. The number of nitriles is 1. The number of carbonyl (C=O) groups excluding carboxylic acids is 1. The molecule has 0 N–H and O–H groups in total. The van der Waals surface area contributed by atoms with Crippen LogP contribution in [0.1, 0.15) is 88.6 Å². The zero-order chi connectivity index (χ0) is 32.9. The Hall–Kier alpha value is -3.22. The van der Waals surface area contributed by atoms with Crippen LogP contribution in [0.15, 0.2) is 30.6 Å². The lowest BCUT2D eigenvalue weighted by molar-refractivity contribution is -0.131. The van der Waals surface area contributed by atoms with Crippen molar-refractivity contribution < 1.29 is 13.9 Å². The number of anilines is 1. The quantitative estimate of drug-likeness (QED) is 0.301. The van der Waals surface area contributed by atoms with Gasteiger partial charge in [-0.25, -0.2) is 4.39 Å². The summed E-state index contributed by atoms with van der Waals surface area (Å²) in [5.74, 6) is -0.793. The van der Waals surface area contributed by atoms with Gasteiger partial charge in [0.1, 0.15) is 12.4 Å². The Morgan fingerprint density at radius 2 is 1.96 bits per heavy atom. The van der Waals surface area contributed by atoms with Gasteiger partial charge in [0.25, 0.3) is 5.91 Å². The molecule has 1 amide bonds. The summed E-state index contributed by atoms with van der Waals surface area (Å²) in [6.07, 6.45) is 4.82. The van der Waals surface area contributed by atoms with Gasteiger partial charge in [-0.2, -0.15) is 15.2 Å². The number of nitrogens with zero attached hydrogens (tertiary/aromatic N) is 6. The van der Waals surface area contributed by atoms with Crippen LogP contribution in [0.3, 0.4) is 0 Å². The van der Waals surface area contributed by atoms with Crippen molar-refractivity contribution >= 4 is 23.3 Å². The Labute approximate surface area is 273 Å². The molecule has 0 spiro atoms. The molecule has 3 aliphatic rings. The predicted octanol–water partition coefficient (Wildman–Crippen LogP) is 6.61. The summed E-state index contributed by atoms with van der Waals surface area (Å²) in [6.45, 7) is 16.4. The van der Waals surface area contributed by atoms with Crippen LogP contribution in [0.2, 0.25) is 5.02 Å². The van der Waals surface area contributed by atoms with Crippen molar-refractivity contribution in [3.8, 4) is 12.1 Å². The average Bonchev–Trinajstić information content (AvgIpc) is 3.44. The predicted molar refractivity (Wildman–Crippen MR) is 178 cm³/mol. The first kappa shape index (κ1) is 34.6. The van der Waals surface area contributed by atoms with Crippen molar-refractivity contribution in [1.29, 1.82) is 5.26 Å². The van der Waals surface area contributed by atoms with E-state index in [1.165, 1.54) is 16.0 Å². The first-order chi connectivity index (χ1) is 21.6. The van der Waals surface area contributed by atoms with Crippen LogP contribution in [0.4, 0.5) is 10.2 Å². The highest BCUT2D eigenvalue weighted by atomic mass is 35.5. The molecule has 0 bridgehead atoms. The van der Waals surface area contributed by atoms with Gasteiger partial charge >= 0.3 is 6.01 Å². The minimum absolute atomic E-state index is 0.0856. The summed E-state index contributed by atoms with van der Waals surface area (Å²) >= 11 is 6.67. The highest BCUT2D eigenvalue weighted by molar-refractivity contribution is 6.31. The molecule has 3 heterocycles. The van der Waals surface area contributed by atoms with Crippen molar-refractivity contribution in [1.82, 2.24) is 19.8 Å². The maximum atomic E-state index is 13.8. The van der Waals surface area contributed by atoms with E-state index < -0.39 is 17.8 Å². The Kier molecular flexibility index (Phi) is 11.5. The highest BCUT2D eigenvalue weighted by Crippen LogP contribution is 2.50. The molecule has 45 heavy (non-hydrogen) atoms. The van der Waals surface area contributed by atoms with Crippen molar-refractivity contribution in [2.45, 2.75) is 96.6 Å². The lowest BCUT2D eigenvalue weighted by atomic mass is 9.64. The average molecular weight is 639 g/mol. The molecule has 0 saturated carbocycles. The lowest BCUT2D eigenvalue weighted by Crippen LogP contribution is -2.56. The van der Waals surface area contributed by atoms with E-state index in [4.69, 9.17) is 26.3 Å². The second-order valence-electron chi connectivity index (χ2n) is 12.6. The Morgan fingerprint density at radius 3 is 2.60 bits per heavy atom. The number of aromatic nitrogens is 2. The molecular weight excluding hydrogens is 591 g/mol. The summed E-state index contributed by atoms with van der Waals surface area (Å²) in [7, 11) is 2.12. The summed E-state index contributed by atoms with van der Waals surface area (Å²) in [5, 5.41) is 10.3. The standard InChI is InChI=1S/C33H42ClFN6O2.C2H6/c1-6-24-25(10-7-11-28(24)34)27-13-12-26-29(33(27,3)4)37-32(43-20-23-9-8-16-39(23)5)38-30(26)40-17-18-41(31(42)21(2)35)22(19-40)14-15-36;1-2/h7,10-11,22-23,27H,2,6,8-9,12-14,16-20H2,1,3-5H3;1-2H3. The van der Waals surface area contributed by atoms with E-state index in [0.29, 0.717) is 31.7 Å². The fourth-order valence-electron chi connectivity index (χ4n) is 7.29. The van der Waals surface area contributed by atoms with E-state index in [9.17, 15) is 14.4 Å². The Bertz CT molecular complexity index is 1430. The summed E-state index contributed by atoms with van der Waals surface area (Å²) in [6, 6.07) is 8.52. The number of halogens is 2. The fraction of sp³-hybridized carbons (Fsp3) is 0.600. The van der Waals surface area contributed by atoms with Crippen molar-refractivity contribution in [2.75, 3.05) is 44.7 Å². The monoisotopic (exact) mass is 638 g/mol. The van der Waals surface area contributed by atoms with Gasteiger partial charge < -0.3 is 19.4 Å². The largest absolute Gasteiger partial charge is 0.462 e. The van der Waals surface area contributed by atoms with Crippen LogP contribution in [-0.2, 0) is 23.1 Å². The molecule has 2 aromatic rings. The maximum absolute atomic E-state index is 13.8. The molecule has 8 nitrogen and oxygen atoms in total. The van der Waals surface area contributed by atoms with Gasteiger partial charge in [-0.3, -0.25) is 4.79 Å². The van der Waals surface area contributed by atoms with Gasteiger partial charge in [-0.05, 0) is 68.8 Å². The molecule has 2 saturated heterocycles. The normalized spacial score (nSPS) is 22.6. The molecule has 0 radical (unpaired) electrons. The number of piperazine rings is 1. The summed E-state index contributed by atoms with van der Waals surface area (Å²) in [4.78, 5) is 28.5. The number of hydrogen-bond donors (Lipinski definition) is 0. The van der Waals surface area contributed by atoms with Crippen LogP contribution in [0.25, 0.3) is 0 Å². The SMILES string of the molecule is C=C(F)C(=O)N1CCN(c2nc(OCC3CCCN3C)nc3c2CCC(c2cccc(Cl)c2CC)C3(C)C)CC1CC#N.CC. The third kappa shape index (κ3) is 7.12. The number of rotatable bonds is 8. The summed E-state index contributed by atoms with van der Waals surface area (Å²) < 4.78 is 20.2. The first-order valence-corrected chi connectivity index (χ1v) is 16.7. The van der Waals surface area contributed by atoms with Crippen LogP contribution in [0, 0.1) is 11.3 Å². The van der Waals surface area contributed by atoms with Gasteiger partial charge in [-0.15, -0.1) is 0 Å². The number of ether oxygens (including phenoxy) is 1. The van der Waals surface area contributed by atoms with E-state index in [2.05, 4.69) is 56.3 Å². The number of likely N-dealkylation sites (tertiary alicyclic amines) is 1. The smallest absolute Gasteiger partial charge is 0.318 e. The summed E-state index contributed by atoms with van der Waals surface area (Å²) in [5.41, 5.74) is 4.11. The van der Waals surface area contributed by atoms with E-state index in [1.54, 1.807) is 0 Å². The van der Waals surface area contributed by atoms with Crippen LogP contribution < -0.4 is 9.64 Å². The second-order valence-corrected chi connectivity index (χ2v) is 13.0. The third-order valence-corrected chi connectivity index (χ3v) is 10.0. The van der Waals surface area contributed by atoms with E-state index in [-0.39, 0.29) is 24.3 Å². The van der Waals surface area contributed by atoms with Crippen LogP contribution in [0.5, 0.6) is 6.01 Å². The van der Waals surface area contributed by atoms with Gasteiger partial charge in [0.15, 0.2) is 5.83 Å². The van der Waals surface area contributed by atoms with Crippen LogP contribution >= 0.6 is 11.6 Å². The lowest BCUT2D eigenvalue weighted by Gasteiger charge is -2.44. The van der Waals surface area contributed by atoms with Gasteiger partial charge in [0, 0.05) is 41.7 Å². The molecule has 3 unspecified atom stereocenters. The van der Waals surface area contributed by atoms with Crippen molar-refractivity contribution in [3.05, 3.63) is 58.0 Å². The Balaban J connectivity index is 0.00000226. The number of benzene rings is 1. The molecule has 244 valence electrons. The fourth-order valence-corrected chi connectivity index (χ4v) is 7.60. The molecule has 10 heteroatoms.